The van der Waals surface area contributed by atoms with Gasteiger partial charge in [0.15, 0.2) is 0 Å². The van der Waals surface area contributed by atoms with Crippen molar-refractivity contribution in [3.63, 3.8) is 0 Å². The molecule has 152 valence electrons. The Labute approximate surface area is 199 Å². The Morgan fingerprint density at radius 2 is 1.61 bits per heavy atom. The van der Waals surface area contributed by atoms with E-state index in [1.807, 2.05) is 60.7 Å². The average Bonchev–Trinajstić information content (AvgIpc) is 3.42. The van der Waals surface area contributed by atoms with Crippen molar-refractivity contribution in [3.05, 3.63) is 87.3 Å². The summed E-state index contributed by atoms with van der Waals surface area (Å²) in [6, 6.07) is 21.2. The number of fused-ring (bicyclic) bond motifs is 1. The van der Waals surface area contributed by atoms with Gasteiger partial charge in [-0.05, 0) is 54.6 Å². The van der Waals surface area contributed by atoms with Crippen LogP contribution < -0.4 is 5.32 Å². The molecule has 3 aromatic carbocycles. The third-order valence-electron chi connectivity index (χ3n) is 4.56. The van der Waals surface area contributed by atoms with E-state index in [0.29, 0.717) is 9.90 Å². The van der Waals surface area contributed by atoms with Crippen molar-refractivity contribution in [2.24, 2.45) is 0 Å². The number of carbonyl (C=O) groups is 1. The van der Waals surface area contributed by atoms with Gasteiger partial charge in [-0.1, -0.05) is 39.7 Å². The van der Waals surface area contributed by atoms with Crippen molar-refractivity contribution < 1.29 is 4.79 Å². The number of hydrogen-bond acceptors (Lipinski definition) is 5. The molecule has 0 radical (unpaired) electrons. The third-order valence-corrected chi connectivity index (χ3v) is 7.44. The molecule has 0 atom stereocenters. The minimum atomic E-state index is -0.185. The first-order valence-corrected chi connectivity index (χ1v) is 12.1. The predicted molar refractivity (Wildman–Crippen MR) is 133 cm³/mol. The van der Waals surface area contributed by atoms with E-state index < -0.39 is 0 Å². The van der Waals surface area contributed by atoms with Crippen molar-refractivity contribution in [1.29, 1.82) is 0 Å². The van der Waals surface area contributed by atoms with Crippen LogP contribution in [0.25, 0.3) is 31.4 Å². The van der Waals surface area contributed by atoms with E-state index in [4.69, 9.17) is 16.6 Å². The lowest BCUT2D eigenvalue weighted by Gasteiger charge is -2.04. The van der Waals surface area contributed by atoms with Crippen LogP contribution in [0.2, 0.25) is 5.02 Å². The SMILES string of the molecule is O=C(Nc1ccc(-c2nc3cc(Br)ccc3s2)cc1)c1cnc(-c2ccc(Cl)cc2)s1. The lowest BCUT2D eigenvalue weighted by Crippen LogP contribution is -2.09. The summed E-state index contributed by atoms with van der Waals surface area (Å²) in [6.07, 6.45) is 1.59. The van der Waals surface area contributed by atoms with Gasteiger partial charge in [0, 0.05) is 26.3 Å². The van der Waals surface area contributed by atoms with Gasteiger partial charge in [0.1, 0.15) is 14.9 Å². The van der Waals surface area contributed by atoms with Crippen molar-refractivity contribution in [1.82, 2.24) is 9.97 Å². The van der Waals surface area contributed by atoms with Gasteiger partial charge >= 0.3 is 0 Å². The zero-order chi connectivity index (χ0) is 21.4. The smallest absolute Gasteiger partial charge is 0.267 e. The highest BCUT2D eigenvalue weighted by Crippen LogP contribution is 2.32. The Hall–Kier alpha value is -2.58. The van der Waals surface area contributed by atoms with Crippen molar-refractivity contribution in [2.45, 2.75) is 0 Å². The summed E-state index contributed by atoms with van der Waals surface area (Å²) in [7, 11) is 0. The number of rotatable bonds is 4. The number of amides is 1. The molecule has 0 spiro atoms. The highest BCUT2D eigenvalue weighted by molar-refractivity contribution is 9.10. The summed E-state index contributed by atoms with van der Waals surface area (Å²) in [6.45, 7) is 0. The summed E-state index contributed by atoms with van der Waals surface area (Å²) in [5.74, 6) is -0.185. The first-order chi connectivity index (χ1) is 15.0. The molecule has 1 amide bonds. The van der Waals surface area contributed by atoms with Crippen LogP contribution in [0.5, 0.6) is 0 Å². The Morgan fingerprint density at radius 1 is 0.903 bits per heavy atom. The maximum atomic E-state index is 12.6. The molecule has 0 bridgehead atoms. The molecule has 31 heavy (non-hydrogen) atoms. The van der Waals surface area contributed by atoms with Gasteiger partial charge in [0.05, 0.1) is 16.4 Å². The standard InChI is InChI=1S/C23H13BrClN3OS2/c24-15-5-10-19-18(11-15)28-23(30-19)14-3-8-17(9-4-14)27-21(29)20-12-26-22(31-20)13-1-6-16(25)7-2-13/h1-12H,(H,27,29). The Balaban J connectivity index is 1.31. The van der Waals surface area contributed by atoms with Gasteiger partial charge in [0.25, 0.3) is 5.91 Å². The van der Waals surface area contributed by atoms with Crippen LogP contribution in [0.4, 0.5) is 5.69 Å². The van der Waals surface area contributed by atoms with Gasteiger partial charge < -0.3 is 5.32 Å². The van der Waals surface area contributed by atoms with Crippen LogP contribution in [0.3, 0.4) is 0 Å². The molecule has 0 aliphatic rings. The molecule has 0 aliphatic heterocycles. The second kappa shape index (κ2) is 8.51. The van der Waals surface area contributed by atoms with Crippen molar-refractivity contribution in [3.8, 4) is 21.1 Å². The molecule has 5 rings (SSSR count). The summed E-state index contributed by atoms with van der Waals surface area (Å²) >= 11 is 12.4. The summed E-state index contributed by atoms with van der Waals surface area (Å²) < 4.78 is 2.15. The molecule has 5 aromatic rings. The van der Waals surface area contributed by atoms with E-state index in [-0.39, 0.29) is 5.91 Å². The number of nitrogens with one attached hydrogen (secondary N) is 1. The zero-order valence-corrected chi connectivity index (χ0v) is 19.8. The van der Waals surface area contributed by atoms with E-state index in [1.54, 1.807) is 17.5 Å². The first kappa shape index (κ1) is 20.3. The number of hydrogen-bond donors (Lipinski definition) is 1. The lowest BCUT2D eigenvalue weighted by molar-refractivity contribution is 0.103. The van der Waals surface area contributed by atoms with E-state index in [1.165, 1.54) is 11.3 Å². The van der Waals surface area contributed by atoms with E-state index in [0.717, 1.165) is 41.5 Å². The number of nitrogens with zero attached hydrogens (tertiary/aromatic N) is 2. The fourth-order valence-corrected chi connectivity index (χ4v) is 5.26. The molecular formula is C23H13BrClN3OS2. The molecular weight excluding hydrogens is 514 g/mol. The van der Waals surface area contributed by atoms with Crippen molar-refractivity contribution >= 4 is 72.0 Å². The quantitative estimate of drug-likeness (QED) is 0.260. The Kier molecular flexibility index (Phi) is 5.58. The molecule has 0 aliphatic carbocycles. The zero-order valence-electron chi connectivity index (χ0n) is 15.8. The highest BCUT2D eigenvalue weighted by atomic mass is 79.9. The lowest BCUT2D eigenvalue weighted by atomic mass is 10.2. The first-order valence-electron chi connectivity index (χ1n) is 9.25. The Bertz CT molecular complexity index is 1390. The fourth-order valence-electron chi connectivity index (χ4n) is 3.02. The third kappa shape index (κ3) is 4.41. The average molecular weight is 527 g/mol. The molecule has 4 nitrogen and oxygen atoms in total. The largest absolute Gasteiger partial charge is 0.321 e. The second-order valence-electron chi connectivity index (χ2n) is 6.70. The van der Waals surface area contributed by atoms with E-state index in [9.17, 15) is 4.79 Å². The fraction of sp³-hybridized carbons (Fsp3) is 0. The number of halogens is 2. The molecule has 1 N–H and O–H groups in total. The number of carbonyl (C=O) groups excluding carboxylic acids is 1. The normalized spacial score (nSPS) is 11.0. The van der Waals surface area contributed by atoms with Gasteiger partial charge in [-0.2, -0.15) is 0 Å². The number of thiazole rings is 2. The summed E-state index contributed by atoms with van der Waals surface area (Å²) in [5, 5.41) is 5.32. The molecule has 0 fully saturated rings. The van der Waals surface area contributed by atoms with Crippen molar-refractivity contribution in [2.75, 3.05) is 5.32 Å². The van der Waals surface area contributed by atoms with Crippen LogP contribution in [0.15, 0.2) is 77.4 Å². The summed E-state index contributed by atoms with van der Waals surface area (Å²) in [4.78, 5) is 22.3. The van der Waals surface area contributed by atoms with Crippen LogP contribution in [0, 0.1) is 0 Å². The van der Waals surface area contributed by atoms with Gasteiger partial charge in [-0.15, -0.1) is 22.7 Å². The van der Waals surface area contributed by atoms with Crippen LogP contribution in [0.1, 0.15) is 9.67 Å². The topological polar surface area (TPSA) is 54.9 Å². The maximum Gasteiger partial charge on any atom is 0.267 e. The maximum absolute atomic E-state index is 12.6. The summed E-state index contributed by atoms with van der Waals surface area (Å²) in [5.41, 5.74) is 3.63. The Morgan fingerprint density at radius 3 is 2.39 bits per heavy atom. The van der Waals surface area contributed by atoms with E-state index >= 15 is 0 Å². The minimum Gasteiger partial charge on any atom is -0.321 e. The van der Waals surface area contributed by atoms with Gasteiger partial charge in [0.2, 0.25) is 0 Å². The highest BCUT2D eigenvalue weighted by Gasteiger charge is 2.13. The van der Waals surface area contributed by atoms with Gasteiger partial charge in [-0.25, -0.2) is 9.97 Å². The van der Waals surface area contributed by atoms with Crippen LogP contribution >= 0.6 is 50.2 Å². The molecule has 0 saturated carbocycles. The second-order valence-corrected chi connectivity index (χ2v) is 10.1. The number of anilines is 1. The number of benzene rings is 3. The monoisotopic (exact) mass is 525 g/mol. The minimum absolute atomic E-state index is 0.185. The molecule has 2 aromatic heterocycles. The molecule has 0 unspecified atom stereocenters. The number of aromatic nitrogens is 2. The predicted octanol–water partition coefficient (Wildman–Crippen LogP) is 7.76. The molecule has 8 heteroatoms. The molecule has 2 heterocycles. The molecule has 0 saturated heterocycles. The van der Waals surface area contributed by atoms with Crippen LogP contribution in [-0.4, -0.2) is 15.9 Å². The van der Waals surface area contributed by atoms with E-state index in [2.05, 4.69) is 32.3 Å². The van der Waals surface area contributed by atoms with Crippen LogP contribution in [-0.2, 0) is 0 Å². The van der Waals surface area contributed by atoms with Gasteiger partial charge in [-0.3, -0.25) is 4.79 Å².